The van der Waals surface area contributed by atoms with E-state index in [2.05, 4.69) is 4.37 Å². The smallest absolute Gasteiger partial charge is 0.409 e. The summed E-state index contributed by atoms with van der Waals surface area (Å²) in [5, 5.41) is 9.89. The number of carboxylic acid groups (broad SMARTS) is 1. The molecule has 0 spiro atoms. The first-order valence-electron chi connectivity index (χ1n) is 2.30. The molecule has 0 radical (unpaired) electrons. The summed E-state index contributed by atoms with van der Waals surface area (Å²) in [6.07, 6.45) is -0.334. The van der Waals surface area contributed by atoms with E-state index in [1.165, 1.54) is 0 Å². The summed E-state index contributed by atoms with van der Waals surface area (Å²) in [6.45, 7) is 0. The second-order valence-electron chi connectivity index (χ2n) is 1.43. The number of anilines is 1. The van der Waals surface area contributed by atoms with E-state index in [4.69, 9.17) is 5.11 Å². The monoisotopic (exact) mass is 162 g/mol. The van der Waals surface area contributed by atoms with Crippen LogP contribution in [0.4, 0.5) is 14.2 Å². The Morgan fingerprint density at radius 3 is 3.00 bits per heavy atom. The fraction of sp³-hybridized carbons (Fsp3) is 0. The van der Waals surface area contributed by atoms with Gasteiger partial charge >= 0.3 is 6.09 Å². The maximum atomic E-state index is 12.3. The number of amides is 1. The topological polar surface area (TPSA) is 62.2 Å². The van der Waals surface area contributed by atoms with Gasteiger partial charge in [-0.2, -0.15) is 4.37 Å². The van der Waals surface area contributed by atoms with Crippen molar-refractivity contribution in [3.63, 3.8) is 0 Å². The van der Waals surface area contributed by atoms with Crippen molar-refractivity contribution in [3.8, 4) is 0 Å². The fourth-order valence-electron chi connectivity index (χ4n) is 0.407. The van der Waals surface area contributed by atoms with Gasteiger partial charge in [0.25, 0.3) is 0 Å². The summed E-state index contributed by atoms with van der Waals surface area (Å²) < 4.78 is 15.7. The quantitative estimate of drug-likeness (QED) is 0.655. The second kappa shape index (κ2) is 2.61. The molecule has 6 heteroatoms. The Morgan fingerprint density at radius 2 is 2.60 bits per heavy atom. The van der Waals surface area contributed by atoms with E-state index in [1.54, 1.807) is 0 Å². The fourth-order valence-corrected chi connectivity index (χ4v) is 0.931. The molecule has 10 heavy (non-hydrogen) atoms. The summed E-state index contributed by atoms with van der Waals surface area (Å²) in [4.78, 5) is 9.92. The summed E-state index contributed by atoms with van der Waals surface area (Å²) in [6, 6.07) is 0. The maximum absolute atomic E-state index is 12.3. The summed E-state index contributed by atoms with van der Waals surface area (Å²) in [5.74, 6) is -0.646. The highest BCUT2D eigenvalue weighted by Crippen LogP contribution is 2.17. The maximum Gasteiger partial charge on any atom is 0.409 e. The van der Waals surface area contributed by atoms with E-state index in [-0.39, 0.29) is 5.00 Å². The Hall–Kier alpha value is -1.17. The van der Waals surface area contributed by atoms with Crippen molar-refractivity contribution in [3.05, 3.63) is 12.0 Å². The van der Waals surface area contributed by atoms with Crippen molar-refractivity contribution in [2.24, 2.45) is 0 Å². The Kier molecular flexibility index (Phi) is 1.81. The zero-order valence-corrected chi connectivity index (χ0v) is 5.48. The minimum atomic E-state index is -1.29. The second-order valence-corrected chi connectivity index (χ2v) is 2.23. The molecular weight excluding hydrogens is 159 g/mol. The van der Waals surface area contributed by atoms with Crippen LogP contribution < -0.4 is 5.32 Å². The van der Waals surface area contributed by atoms with Crippen LogP contribution in [0.1, 0.15) is 0 Å². The Bertz CT molecular complexity index is 249. The Labute approximate surface area is 59.5 Å². The molecule has 1 amide bonds. The van der Waals surface area contributed by atoms with Crippen LogP contribution in [0.5, 0.6) is 0 Å². The van der Waals surface area contributed by atoms with Gasteiger partial charge in [0.1, 0.15) is 0 Å². The number of aromatic nitrogens is 1. The van der Waals surface area contributed by atoms with E-state index in [1.807, 2.05) is 5.32 Å². The zero-order chi connectivity index (χ0) is 7.56. The first-order chi connectivity index (χ1) is 4.70. The molecule has 4 nitrogen and oxygen atoms in total. The molecule has 54 valence electrons. The van der Waals surface area contributed by atoms with Crippen molar-refractivity contribution in [1.29, 1.82) is 0 Å². The van der Waals surface area contributed by atoms with E-state index < -0.39 is 11.9 Å². The molecule has 2 N–H and O–H groups in total. The third-order valence-corrected chi connectivity index (χ3v) is 1.44. The first-order valence-corrected chi connectivity index (χ1v) is 3.07. The van der Waals surface area contributed by atoms with E-state index in [9.17, 15) is 9.18 Å². The molecule has 0 bridgehead atoms. The minimum absolute atomic E-state index is 0.0764. The molecule has 0 unspecified atom stereocenters. The summed E-state index contributed by atoms with van der Waals surface area (Å²) >= 11 is 0.761. The van der Waals surface area contributed by atoms with Crippen molar-refractivity contribution < 1.29 is 14.3 Å². The van der Waals surface area contributed by atoms with Gasteiger partial charge in [0.2, 0.25) is 0 Å². The third-order valence-electron chi connectivity index (χ3n) is 0.747. The van der Waals surface area contributed by atoms with Gasteiger partial charge in [0.15, 0.2) is 10.8 Å². The van der Waals surface area contributed by atoms with E-state index in [0.717, 1.165) is 17.7 Å². The molecule has 0 aliphatic carbocycles. The van der Waals surface area contributed by atoms with Crippen molar-refractivity contribution in [2.75, 3.05) is 5.32 Å². The Morgan fingerprint density at radius 1 is 1.90 bits per heavy atom. The van der Waals surface area contributed by atoms with Gasteiger partial charge in [-0.3, -0.25) is 5.32 Å². The number of hydrogen-bond donors (Lipinski definition) is 2. The van der Waals surface area contributed by atoms with Crippen LogP contribution in [0.3, 0.4) is 0 Å². The average molecular weight is 162 g/mol. The van der Waals surface area contributed by atoms with Crippen molar-refractivity contribution in [1.82, 2.24) is 4.37 Å². The van der Waals surface area contributed by atoms with Crippen LogP contribution in [-0.2, 0) is 0 Å². The molecule has 0 aliphatic rings. The molecule has 0 saturated heterocycles. The SMILES string of the molecule is O=C(O)Nc1sncc1F. The predicted molar refractivity (Wildman–Crippen MR) is 33.7 cm³/mol. The van der Waals surface area contributed by atoms with E-state index in [0.29, 0.717) is 0 Å². The molecule has 0 atom stereocenters. The lowest BCUT2D eigenvalue weighted by atomic mass is 10.6. The van der Waals surface area contributed by atoms with Gasteiger partial charge in [-0.05, 0) is 11.5 Å². The highest BCUT2D eigenvalue weighted by molar-refractivity contribution is 7.10. The number of nitrogens with zero attached hydrogens (tertiary/aromatic N) is 1. The highest BCUT2D eigenvalue weighted by Gasteiger charge is 2.06. The molecule has 0 aliphatic heterocycles. The van der Waals surface area contributed by atoms with Crippen LogP contribution in [0.25, 0.3) is 0 Å². The predicted octanol–water partition coefficient (Wildman–Crippen LogP) is 1.37. The summed E-state index contributed by atoms with van der Waals surface area (Å²) in [7, 11) is 0. The standard InChI is InChI=1S/C4H3FN2O2S/c5-2-1-6-10-3(2)7-4(8)9/h1,7H,(H,8,9). The molecule has 0 saturated carbocycles. The molecule has 0 aromatic carbocycles. The van der Waals surface area contributed by atoms with Crippen LogP contribution >= 0.6 is 11.5 Å². The van der Waals surface area contributed by atoms with Gasteiger partial charge in [-0.1, -0.05) is 0 Å². The minimum Gasteiger partial charge on any atom is -0.465 e. The normalized spacial score (nSPS) is 9.30. The van der Waals surface area contributed by atoms with Gasteiger partial charge in [0, 0.05) is 0 Å². The van der Waals surface area contributed by atoms with Gasteiger partial charge < -0.3 is 5.11 Å². The lowest BCUT2D eigenvalue weighted by Crippen LogP contribution is -2.06. The molecular formula is C4H3FN2O2S. The number of rotatable bonds is 1. The van der Waals surface area contributed by atoms with Crippen molar-refractivity contribution >= 4 is 22.6 Å². The van der Waals surface area contributed by atoms with Crippen LogP contribution in [-0.4, -0.2) is 15.6 Å². The van der Waals surface area contributed by atoms with Gasteiger partial charge in [-0.15, -0.1) is 0 Å². The lowest BCUT2D eigenvalue weighted by molar-refractivity contribution is 0.209. The number of carbonyl (C=O) groups is 1. The van der Waals surface area contributed by atoms with Crippen LogP contribution in [0, 0.1) is 5.82 Å². The molecule has 1 rings (SSSR count). The van der Waals surface area contributed by atoms with Gasteiger partial charge in [0.05, 0.1) is 6.20 Å². The Balaban J connectivity index is 2.74. The van der Waals surface area contributed by atoms with Crippen LogP contribution in [0.15, 0.2) is 6.20 Å². The lowest BCUT2D eigenvalue weighted by Gasteiger charge is -1.91. The number of halogens is 1. The van der Waals surface area contributed by atoms with E-state index >= 15 is 0 Å². The largest absolute Gasteiger partial charge is 0.465 e. The van der Waals surface area contributed by atoms with Crippen molar-refractivity contribution in [2.45, 2.75) is 0 Å². The summed E-state index contributed by atoms with van der Waals surface area (Å²) in [5.41, 5.74) is 0. The highest BCUT2D eigenvalue weighted by atomic mass is 32.1. The molecule has 1 heterocycles. The number of hydrogen-bond acceptors (Lipinski definition) is 3. The first kappa shape index (κ1) is 6.94. The molecule has 1 aromatic heterocycles. The van der Waals surface area contributed by atoms with Crippen LogP contribution in [0.2, 0.25) is 0 Å². The third kappa shape index (κ3) is 1.41. The molecule has 1 aromatic rings. The zero-order valence-electron chi connectivity index (χ0n) is 4.67. The number of nitrogens with one attached hydrogen (secondary N) is 1. The average Bonchev–Trinajstić information content (AvgIpc) is 2.15. The van der Waals surface area contributed by atoms with Gasteiger partial charge in [-0.25, -0.2) is 9.18 Å². The molecule has 0 fully saturated rings.